The third-order valence-electron chi connectivity index (χ3n) is 4.75. The van der Waals surface area contributed by atoms with Crippen LogP contribution in [0.15, 0.2) is 42.5 Å². The zero-order valence-electron chi connectivity index (χ0n) is 17.4. The van der Waals surface area contributed by atoms with Crippen molar-refractivity contribution in [1.29, 1.82) is 0 Å². The number of rotatable bonds is 8. The van der Waals surface area contributed by atoms with Crippen molar-refractivity contribution in [2.24, 2.45) is 0 Å². The molecule has 0 aromatic heterocycles. The maximum atomic E-state index is 5.86. The van der Waals surface area contributed by atoms with Crippen LogP contribution in [0, 0.1) is 0 Å². The van der Waals surface area contributed by atoms with Gasteiger partial charge in [-0.05, 0) is 41.3 Å². The van der Waals surface area contributed by atoms with Crippen molar-refractivity contribution in [3.8, 4) is 28.7 Å². The van der Waals surface area contributed by atoms with Crippen molar-refractivity contribution in [3.05, 3.63) is 59.2 Å². The molecule has 6 nitrogen and oxygen atoms in total. The number of ether oxygens (including phenoxy) is 6. The maximum Gasteiger partial charge on any atom is 0.203 e. The lowest BCUT2D eigenvalue weighted by Gasteiger charge is -2.20. The van der Waals surface area contributed by atoms with Gasteiger partial charge in [0.15, 0.2) is 29.8 Å². The van der Waals surface area contributed by atoms with E-state index in [0.29, 0.717) is 35.2 Å². The first-order valence-electron chi connectivity index (χ1n) is 9.17. The first-order valence-corrected chi connectivity index (χ1v) is 9.17. The lowest BCUT2D eigenvalue weighted by Crippen LogP contribution is -2.06. The topological polar surface area (TPSA) is 55.4 Å². The molecule has 0 amide bonds. The predicted molar refractivity (Wildman–Crippen MR) is 112 cm³/mol. The van der Waals surface area contributed by atoms with Crippen LogP contribution in [0.2, 0.25) is 0 Å². The molecule has 6 heteroatoms. The second-order valence-corrected chi connectivity index (χ2v) is 6.30. The van der Waals surface area contributed by atoms with Crippen LogP contribution in [0.1, 0.15) is 16.7 Å². The molecule has 1 aliphatic rings. The van der Waals surface area contributed by atoms with E-state index in [9.17, 15) is 0 Å². The van der Waals surface area contributed by atoms with E-state index >= 15 is 0 Å². The zero-order valence-corrected chi connectivity index (χ0v) is 17.4. The minimum atomic E-state index is 0.139. The number of methoxy groups -OCH3 is 5. The Morgan fingerprint density at radius 2 is 1.48 bits per heavy atom. The van der Waals surface area contributed by atoms with Gasteiger partial charge in [0.2, 0.25) is 5.75 Å². The molecule has 0 radical (unpaired) electrons. The highest BCUT2D eigenvalue weighted by Gasteiger charge is 2.22. The monoisotopic (exact) mass is 398 g/mol. The van der Waals surface area contributed by atoms with Crippen molar-refractivity contribution in [2.45, 2.75) is 6.42 Å². The smallest absolute Gasteiger partial charge is 0.203 e. The van der Waals surface area contributed by atoms with Crippen molar-refractivity contribution in [2.75, 3.05) is 42.3 Å². The van der Waals surface area contributed by atoms with E-state index in [4.69, 9.17) is 28.4 Å². The Hall–Kier alpha value is -3.12. The van der Waals surface area contributed by atoms with Crippen LogP contribution in [-0.4, -0.2) is 42.3 Å². The van der Waals surface area contributed by atoms with Gasteiger partial charge in [-0.3, -0.25) is 0 Å². The van der Waals surface area contributed by atoms with Gasteiger partial charge in [-0.15, -0.1) is 0 Å². The highest BCUT2D eigenvalue weighted by molar-refractivity contribution is 5.86. The van der Waals surface area contributed by atoms with Crippen molar-refractivity contribution in [1.82, 2.24) is 0 Å². The van der Waals surface area contributed by atoms with Gasteiger partial charge in [0, 0.05) is 12.7 Å². The fourth-order valence-corrected chi connectivity index (χ4v) is 3.43. The highest BCUT2D eigenvalue weighted by atomic mass is 16.7. The van der Waals surface area contributed by atoms with Crippen LogP contribution in [-0.2, 0) is 11.2 Å². The van der Waals surface area contributed by atoms with Gasteiger partial charge in [0.05, 0.1) is 28.4 Å². The number of fused-ring (bicyclic) bond motifs is 1. The van der Waals surface area contributed by atoms with E-state index in [1.807, 2.05) is 30.3 Å². The Kier molecular flexibility index (Phi) is 6.67. The average Bonchev–Trinajstić information content (AvgIpc) is 2.98. The minimum absolute atomic E-state index is 0.139. The van der Waals surface area contributed by atoms with Crippen molar-refractivity contribution >= 4 is 5.57 Å². The molecular weight excluding hydrogens is 372 g/mol. The van der Waals surface area contributed by atoms with Gasteiger partial charge < -0.3 is 28.4 Å². The highest BCUT2D eigenvalue weighted by Crippen LogP contribution is 2.44. The van der Waals surface area contributed by atoms with Gasteiger partial charge in [-0.1, -0.05) is 24.3 Å². The lowest BCUT2D eigenvalue weighted by molar-refractivity contribution is 0.0485. The summed E-state index contributed by atoms with van der Waals surface area (Å²) in [5.41, 5.74) is 4.01. The summed E-state index contributed by atoms with van der Waals surface area (Å²) >= 11 is 0. The normalized spacial score (nSPS) is 12.5. The molecule has 2 aromatic rings. The van der Waals surface area contributed by atoms with E-state index in [1.54, 1.807) is 35.5 Å². The number of allylic oxidation sites excluding steroid dienone is 3. The molecule has 2 aromatic carbocycles. The van der Waals surface area contributed by atoms with Gasteiger partial charge in [0.25, 0.3) is 0 Å². The molecule has 0 N–H and O–H groups in total. The molecule has 0 atom stereocenters. The first kappa shape index (κ1) is 20.6. The Morgan fingerprint density at radius 1 is 0.793 bits per heavy atom. The van der Waals surface area contributed by atoms with E-state index in [0.717, 1.165) is 22.3 Å². The van der Waals surface area contributed by atoms with Crippen LogP contribution < -0.4 is 23.7 Å². The summed E-state index contributed by atoms with van der Waals surface area (Å²) < 4.78 is 33.0. The molecule has 3 rings (SSSR count). The fourth-order valence-electron chi connectivity index (χ4n) is 3.43. The molecule has 1 aliphatic carbocycles. The van der Waals surface area contributed by atoms with Crippen molar-refractivity contribution < 1.29 is 28.4 Å². The van der Waals surface area contributed by atoms with Crippen LogP contribution in [0.25, 0.3) is 5.57 Å². The van der Waals surface area contributed by atoms with Crippen LogP contribution in [0.4, 0.5) is 0 Å². The third-order valence-corrected chi connectivity index (χ3v) is 4.75. The van der Waals surface area contributed by atoms with Gasteiger partial charge in [-0.2, -0.15) is 0 Å². The maximum absolute atomic E-state index is 5.86. The summed E-state index contributed by atoms with van der Waals surface area (Å²) in [6.07, 6.45) is 6.89. The predicted octanol–water partition coefficient (Wildman–Crippen LogP) is 4.25. The molecule has 0 unspecified atom stereocenters. The van der Waals surface area contributed by atoms with Crippen LogP contribution >= 0.6 is 0 Å². The van der Waals surface area contributed by atoms with E-state index in [1.165, 1.54) is 0 Å². The third kappa shape index (κ3) is 4.03. The summed E-state index contributed by atoms with van der Waals surface area (Å²) in [6, 6.07) is 7.82. The van der Waals surface area contributed by atoms with E-state index in [-0.39, 0.29) is 6.79 Å². The fraction of sp³-hybridized carbons (Fsp3) is 0.304. The summed E-state index contributed by atoms with van der Waals surface area (Å²) in [5, 5.41) is 0. The first-order chi connectivity index (χ1) is 14.2. The zero-order chi connectivity index (χ0) is 20.8. The molecular formula is C23H26O6. The van der Waals surface area contributed by atoms with Gasteiger partial charge >= 0.3 is 0 Å². The Morgan fingerprint density at radius 3 is 2.07 bits per heavy atom. The molecule has 0 bridgehead atoms. The summed E-state index contributed by atoms with van der Waals surface area (Å²) in [6.45, 7) is 0.139. The van der Waals surface area contributed by atoms with Gasteiger partial charge in [0.1, 0.15) is 0 Å². The van der Waals surface area contributed by atoms with Crippen molar-refractivity contribution in [3.63, 3.8) is 0 Å². The number of benzene rings is 2. The quantitative estimate of drug-likeness (QED) is 0.620. The van der Waals surface area contributed by atoms with Gasteiger partial charge in [-0.25, -0.2) is 0 Å². The Balaban J connectivity index is 2.19. The second-order valence-electron chi connectivity index (χ2n) is 6.30. The minimum Gasteiger partial charge on any atom is -0.493 e. The van der Waals surface area contributed by atoms with Crippen LogP contribution in [0.5, 0.6) is 28.7 Å². The largest absolute Gasteiger partial charge is 0.493 e. The SMILES string of the molecule is COCOc1c(OC)ccc2c1CC=CC=C2c1cc(OC)c(OC)c(OC)c1. The average molecular weight is 398 g/mol. The number of hydrogen-bond acceptors (Lipinski definition) is 6. The van der Waals surface area contributed by atoms with E-state index in [2.05, 4.69) is 12.2 Å². The van der Waals surface area contributed by atoms with E-state index < -0.39 is 0 Å². The molecule has 0 heterocycles. The summed E-state index contributed by atoms with van der Waals surface area (Å²) in [5.74, 6) is 3.10. The Bertz CT molecular complexity index is 904. The Labute approximate surface area is 171 Å². The second kappa shape index (κ2) is 9.39. The molecule has 154 valence electrons. The number of hydrogen-bond donors (Lipinski definition) is 0. The van der Waals surface area contributed by atoms with Crippen LogP contribution in [0.3, 0.4) is 0 Å². The molecule has 29 heavy (non-hydrogen) atoms. The molecule has 0 spiro atoms. The molecule has 0 aliphatic heterocycles. The molecule has 0 saturated carbocycles. The summed E-state index contributed by atoms with van der Waals surface area (Å²) in [7, 11) is 8.03. The lowest BCUT2D eigenvalue weighted by atomic mass is 9.92. The molecule has 0 saturated heterocycles. The standard InChI is InChI=1S/C23H26O6/c1-24-14-29-22-18-9-7-6-8-16(17(18)10-11-19(22)25-2)15-12-20(26-3)23(28-5)21(13-15)27-4/h6-8,10-13H,9,14H2,1-5H3. The summed E-state index contributed by atoms with van der Waals surface area (Å²) in [4.78, 5) is 0. The molecule has 0 fully saturated rings.